The van der Waals surface area contributed by atoms with Crippen molar-refractivity contribution in [3.8, 4) is 0 Å². The van der Waals surface area contributed by atoms with Gasteiger partial charge in [0.05, 0.1) is 5.52 Å². The summed E-state index contributed by atoms with van der Waals surface area (Å²) in [6.07, 6.45) is 1.82. The number of rotatable bonds is 3. The zero-order valence-corrected chi connectivity index (χ0v) is 11.6. The van der Waals surface area contributed by atoms with E-state index in [0.717, 1.165) is 27.9 Å². The van der Waals surface area contributed by atoms with Crippen molar-refractivity contribution in [2.75, 3.05) is 5.32 Å². The molecule has 4 heteroatoms. The molecule has 0 aliphatic carbocycles. The van der Waals surface area contributed by atoms with Crippen LogP contribution in [-0.4, -0.2) is 15.0 Å². The van der Waals surface area contributed by atoms with E-state index in [-0.39, 0.29) is 0 Å². The molecule has 20 heavy (non-hydrogen) atoms. The van der Waals surface area contributed by atoms with Gasteiger partial charge in [-0.05, 0) is 31.5 Å². The van der Waals surface area contributed by atoms with Gasteiger partial charge in [0.15, 0.2) is 0 Å². The first-order valence-electron chi connectivity index (χ1n) is 6.61. The van der Waals surface area contributed by atoms with Crippen molar-refractivity contribution in [3.05, 3.63) is 59.5 Å². The average Bonchev–Trinajstić information content (AvgIpc) is 2.44. The molecule has 0 fully saturated rings. The van der Waals surface area contributed by atoms with E-state index in [0.29, 0.717) is 12.5 Å². The summed E-state index contributed by atoms with van der Waals surface area (Å²) in [4.78, 5) is 13.2. The molecule has 0 unspecified atom stereocenters. The van der Waals surface area contributed by atoms with Crippen molar-refractivity contribution in [2.24, 2.45) is 0 Å². The van der Waals surface area contributed by atoms with Gasteiger partial charge in [-0.25, -0.2) is 9.97 Å². The minimum Gasteiger partial charge on any atom is -0.350 e. The molecule has 0 aliphatic rings. The minimum atomic E-state index is 0.662. The van der Waals surface area contributed by atoms with Gasteiger partial charge in [-0.3, -0.25) is 4.98 Å². The predicted octanol–water partition coefficient (Wildman–Crippen LogP) is 3.25. The Morgan fingerprint density at radius 3 is 2.55 bits per heavy atom. The zero-order chi connectivity index (χ0) is 13.9. The van der Waals surface area contributed by atoms with Crippen LogP contribution in [0.25, 0.3) is 10.9 Å². The maximum atomic E-state index is 4.45. The van der Waals surface area contributed by atoms with E-state index >= 15 is 0 Å². The van der Waals surface area contributed by atoms with Crippen LogP contribution in [-0.2, 0) is 6.54 Å². The third-order valence-electron chi connectivity index (χ3n) is 3.14. The van der Waals surface area contributed by atoms with Crippen LogP contribution in [0.15, 0.2) is 42.6 Å². The summed E-state index contributed by atoms with van der Waals surface area (Å²) in [5, 5.41) is 4.42. The summed E-state index contributed by atoms with van der Waals surface area (Å²) >= 11 is 0. The summed E-state index contributed by atoms with van der Waals surface area (Å²) in [6.45, 7) is 4.61. The average molecular weight is 264 g/mol. The van der Waals surface area contributed by atoms with Gasteiger partial charge < -0.3 is 5.32 Å². The Morgan fingerprint density at radius 2 is 1.75 bits per heavy atom. The Labute approximate surface area is 117 Å². The fourth-order valence-corrected chi connectivity index (χ4v) is 2.29. The van der Waals surface area contributed by atoms with Gasteiger partial charge >= 0.3 is 0 Å². The largest absolute Gasteiger partial charge is 0.350 e. The fourth-order valence-electron chi connectivity index (χ4n) is 2.29. The van der Waals surface area contributed by atoms with Crippen LogP contribution in [0.2, 0.25) is 0 Å². The van der Waals surface area contributed by atoms with Gasteiger partial charge in [-0.2, -0.15) is 0 Å². The van der Waals surface area contributed by atoms with Crippen LogP contribution in [0, 0.1) is 13.8 Å². The number of para-hydroxylation sites is 1. The number of aromatic nitrogens is 3. The molecule has 0 saturated carbocycles. The lowest BCUT2D eigenvalue weighted by Gasteiger charge is -2.08. The van der Waals surface area contributed by atoms with Crippen LogP contribution >= 0.6 is 0 Å². The number of hydrogen-bond acceptors (Lipinski definition) is 4. The molecular weight excluding hydrogens is 248 g/mol. The summed E-state index contributed by atoms with van der Waals surface area (Å²) in [7, 11) is 0. The van der Waals surface area contributed by atoms with E-state index in [4.69, 9.17) is 0 Å². The number of pyridine rings is 1. The topological polar surface area (TPSA) is 50.7 Å². The van der Waals surface area contributed by atoms with Gasteiger partial charge in [0, 0.05) is 29.5 Å². The summed E-state index contributed by atoms with van der Waals surface area (Å²) in [5.41, 5.74) is 4.10. The molecule has 4 nitrogen and oxygen atoms in total. The highest BCUT2D eigenvalue weighted by atomic mass is 15.1. The molecule has 100 valence electrons. The van der Waals surface area contributed by atoms with E-state index in [1.807, 2.05) is 38.2 Å². The predicted molar refractivity (Wildman–Crippen MR) is 80.6 cm³/mol. The smallest absolute Gasteiger partial charge is 0.223 e. The molecule has 0 bridgehead atoms. The standard InChI is InChI=1S/C16H16N4/c1-11-9-12(2)20-16(19-11)18-10-14-6-3-5-13-7-4-8-17-15(13)14/h3-9H,10H2,1-2H3,(H,18,19,20). The molecule has 0 radical (unpaired) electrons. The SMILES string of the molecule is Cc1cc(C)nc(NCc2cccc3cccnc23)n1. The van der Waals surface area contributed by atoms with E-state index in [2.05, 4.69) is 38.5 Å². The van der Waals surface area contributed by atoms with Crippen molar-refractivity contribution >= 4 is 16.9 Å². The summed E-state index contributed by atoms with van der Waals surface area (Å²) in [5.74, 6) is 0.662. The summed E-state index contributed by atoms with van der Waals surface area (Å²) < 4.78 is 0. The molecule has 0 atom stereocenters. The molecule has 0 amide bonds. The van der Waals surface area contributed by atoms with Crippen molar-refractivity contribution < 1.29 is 0 Å². The van der Waals surface area contributed by atoms with Crippen molar-refractivity contribution in [2.45, 2.75) is 20.4 Å². The Balaban J connectivity index is 1.87. The Kier molecular flexibility index (Phi) is 3.29. The first kappa shape index (κ1) is 12.5. The Hall–Kier alpha value is -2.49. The highest BCUT2D eigenvalue weighted by Crippen LogP contribution is 2.16. The number of hydrogen-bond donors (Lipinski definition) is 1. The lowest BCUT2D eigenvalue weighted by molar-refractivity contribution is 1.01. The first-order chi connectivity index (χ1) is 9.72. The number of benzene rings is 1. The molecule has 0 spiro atoms. The zero-order valence-electron chi connectivity index (χ0n) is 11.6. The van der Waals surface area contributed by atoms with Crippen LogP contribution < -0.4 is 5.32 Å². The quantitative estimate of drug-likeness (QED) is 0.789. The monoisotopic (exact) mass is 264 g/mol. The van der Waals surface area contributed by atoms with Crippen LogP contribution in [0.5, 0.6) is 0 Å². The van der Waals surface area contributed by atoms with Crippen LogP contribution in [0.4, 0.5) is 5.95 Å². The highest BCUT2D eigenvalue weighted by molar-refractivity contribution is 5.81. The van der Waals surface area contributed by atoms with E-state index in [1.165, 1.54) is 0 Å². The molecule has 2 aromatic heterocycles. The van der Waals surface area contributed by atoms with Gasteiger partial charge in [0.25, 0.3) is 0 Å². The first-order valence-corrected chi connectivity index (χ1v) is 6.61. The highest BCUT2D eigenvalue weighted by Gasteiger charge is 2.03. The van der Waals surface area contributed by atoms with Crippen molar-refractivity contribution in [1.29, 1.82) is 0 Å². The third kappa shape index (κ3) is 2.59. The van der Waals surface area contributed by atoms with Gasteiger partial charge in [0.2, 0.25) is 5.95 Å². The number of nitrogens with one attached hydrogen (secondary N) is 1. The number of fused-ring (bicyclic) bond motifs is 1. The van der Waals surface area contributed by atoms with E-state index in [1.54, 1.807) is 0 Å². The van der Waals surface area contributed by atoms with Gasteiger partial charge in [-0.15, -0.1) is 0 Å². The van der Waals surface area contributed by atoms with E-state index < -0.39 is 0 Å². The summed E-state index contributed by atoms with van der Waals surface area (Å²) in [6, 6.07) is 12.2. The molecule has 2 heterocycles. The Bertz CT molecular complexity index is 727. The second kappa shape index (κ2) is 5.25. The molecule has 1 N–H and O–H groups in total. The van der Waals surface area contributed by atoms with Crippen LogP contribution in [0.1, 0.15) is 17.0 Å². The lowest BCUT2D eigenvalue weighted by Crippen LogP contribution is -2.06. The molecule has 1 aromatic carbocycles. The van der Waals surface area contributed by atoms with Crippen LogP contribution in [0.3, 0.4) is 0 Å². The van der Waals surface area contributed by atoms with Crippen molar-refractivity contribution in [1.82, 2.24) is 15.0 Å². The second-order valence-corrected chi connectivity index (χ2v) is 4.82. The molecule has 0 saturated heterocycles. The molecule has 3 rings (SSSR count). The fraction of sp³-hybridized carbons (Fsp3) is 0.188. The van der Waals surface area contributed by atoms with Gasteiger partial charge in [0.1, 0.15) is 0 Å². The molecular formula is C16H16N4. The number of nitrogens with zero attached hydrogens (tertiary/aromatic N) is 3. The maximum absolute atomic E-state index is 4.45. The number of anilines is 1. The number of aryl methyl sites for hydroxylation is 2. The van der Waals surface area contributed by atoms with Crippen molar-refractivity contribution in [3.63, 3.8) is 0 Å². The molecule has 0 aliphatic heterocycles. The normalized spacial score (nSPS) is 10.7. The maximum Gasteiger partial charge on any atom is 0.223 e. The van der Waals surface area contributed by atoms with Gasteiger partial charge in [-0.1, -0.05) is 24.3 Å². The second-order valence-electron chi connectivity index (χ2n) is 4.82. The van der Waals surface area contributed by atoms with E-state index in [9.17, 15) is 0 Å². The molecule has 3 aromatic rings. The minimum absolute atomic E-state index is 0.662. The third-order valence-corrected chi connectivity index (χ3v) is 3.14. The lowest BCUT2D eigenvalue weighted by atomic mass is 10.1. The Morgan fingerprint density at radius 1 is 1.00 bits per heavy atom.